The molecule has 1 aliphatic carbocycles. The molecule has 0 saturated carbocycles. The highest BCUT2D eigenvalue weighted by molar-refractivity contribution is 7.73. The van der Waals surface area contributed by atoms with E-state index in [0.29, 0.717) is 33.5 Å². The molecule has 1 aliphatic heterocycles. The maximum absolute atomic E-state index is 14.1. The van der Waals surface area contributed by atoms with Crippen molar-refractivity contribution in [3.05, 3.63) is 119 Å². The second kappa shape index (κ2) is 16.3. The topological polar surface area (TPSA) is 145 Å². The Morgan fingerprint density at radius 1 is 1.00 bits per heavy atom. The third-order valence-corrected chi connectivity index (χ3v) is 9.80. The molecule has 0 spiro atoms. The van der Waals surface area contributed by atoms with Crippen LogP contribution in [0.4, 0.5) is 18.9 Å². The van der Waals surface area contributed by atoms with Crippen molar-refractivity contribution in [2.24, 2.45) is 0 Å². The fourth-order valence-corrected chi connectivity index (χ4v) is 6.90. The van der Waals surface area contributed by atoms with Gasteiger partial charge in [0.1, 0.15) is 6.04 Å². The molecular formula is C39H41F3N4O6S. The Bertz CT molecular complexity index is 2050. The number of carbonyl (C=O) groups is 3. The minimum absolute atomic E-state index is 0.0208. The van der Waals surface area contributed by atoms with Gasteiger partial charge < -0.3 is 26.0 Å². The highest BCUT2D eigenvalue weighted by atomic mass is 32.2. The van der Waals surface area contributed by atoms with Crippen molar-refractivity contribution in [1.29, 1.82) is 0 Å². The van der Waals surface area contributed by atoms with E-state index in [1.807, 2.05) is 0 Å². The van der Waals surface area contributed by atoms with Gasteiger partial charge in [-0.25, -0.2) is 0 Å². The Labute approximate surface area is 307 Å². The Balaban J connectivity index is 1.41. The first-order valence-corrected chi connectivity index (χ1v) is 18.1. The van der Waals surface area contributed by atoms with Gasteiger partial charge in [0.25, 0.3) is 5.91 Å². The number of carbonyl (C=O) groups excluding carboxylic acids is 3. The molecule has 2 aliphatic rings. The molecule has 3 aromatic rings. The van der Waals surface area contributed by atoms with E-state index in [2.05, 4.69) is 16.0 Å². The number of benzene rings is 3. The van der Waals surface area contributed by atoms with Crippen molar-refractivity contribution in [3.63, 3.8) is 0 Å². The number of aliphatic hydroxyl groups is 1. The number of aryl methyl sites for hydroxylation is 1. The summed E-state index contributed by atoms with van der Waals surface area (Å²) in [5.41, 5.74) is 1.10. The lowest BCUT2D eigenvalue weighted by Crippen LogP contribution is -2.51. The number of alkyl halides is 3. The second-order valence-corrected chi connectivity index (χ2v) is 14.7. The lowest BCUT2D eigenvalue weighted by atomic mass is 9.91. The third kappa shape index (κ3) is 9.89. The van der Waals surface area contributed by atoms with Gasteiger partial charge in [-0.15, -0.1) is 0 Å². The molecule has 0 radical (unpaired) electrons. The summed E-state index contributed by atoms with van der Waals surface area (Å²) in [5, 5.41) is 18.4. The number of halogens is 3. The number of nitrogens with zero attached hydrogens (tertiary/aromatic N) is 1. The number of allylic oxidation sites excluding steroid dienone is 2. The largest absolute Gasteiger partial charge is 0.416 e. The molecule has 3 aromatic carbocycles. The van der Waals surface area contributed by atoms with Crippen LogP contribution in [0, 0.1) is 0 Å². The van der Waals surface area contributed by atoms with Crippen molar-refractivity contribution >= 4 is 44.1 Å². The van der Waals surface area contributed by atoms with Crippen LogP contribution >= 0.6 is 0 Å². The van der Waals surface area contributed by atoms with Crippen LogP contribution in [-0.2, 0) is 39.0 Å². The SMILES string of the molecule is C[C@@H](O)CNC(C)(C)CC(=O)N[C@@H]1CCc2cc(C(F)(F)F)ccc2N(Cc2ccc(C3=CC=CC(=S(=O)=O)C3NC(=O)c3ccccc3)cc2)C1=O. The number of aliphatic hydroxyl groups excluding tert-OH is 1. The lowest BCUT2D eigenvalue weighted by Gasteiger charge is -2.29. The van der Waals surface area contributed by atoms with E-state index in [4.69, 9.17) is 0 Å². The van der Waals surface area contributed by atoms with Gasteiger partial charge in [0, 0.05) is 29.8 Å². The molecule has 10 nitrogen and oxygen atoms in total. The van der Waals surface area contributed by atoms with Crippen molar-refractivity contribution in [3.8, 4) is 0 Å². The average molecular weight is 751 g/mol. The van der Waals surface area contributed by atoms with Gasteiger partial charge in [0.2, 0.25) is 22.1 Å². The molecule has 0 saturated heterocycles. The highest BCUT2D eigenvalue weighted by Gasteiger charge is 2.36. The predicted octanol–water partition coefficient (Wildman–Crippen LogP) is 4.61. The normalized spacial score (nSPS) is 18.1. The van der Waals surface area contributed by atoms with Gasteiger partial charge >= 0.3 is 6.18 Å². The number of hydrogen-bond acceptors (Lipinski definition) is 7. The number of hydrogen-bond donors (Lipinski definition) is 4. The summed E-state index contributed by atoms with van der Waals surface area (Å²) in [6, 6.07) is 16.4. The van der Waals surface area contributed by atoms with Gasteiger partial charge in [0.15, 0.2) is 0 Å². The molecule has 280 valence electrons. The van der Waals surface area contributed by atoms with E-state index in [9.17, 15) is 41.1 Å². The zero-order valence-corrected chi connectivity index (χ0v) is 30.2. The second-order valence-electron chi connectivity index (χ2n) is 13.8. The van der Waals surface area contributed by atoms with Crippen molar-refractivity contribution < 1.29 is 41.1 Å². The zero-order chi connectivity index (χ0) is 38.5. The van der Waals surface area contributed by atoms with E-state index in [-0.39, 0.29) is 37.2 Å². The van der Waals surface area contributed by atoms with Gasteiger partial charge in [-0.1, -0.05) is 54.6 Å². The number of rotatable bonds is 11. The highest BCUT2D eigenvalue weighted by Crippen LogP contribution is 2.36. The average Bonchev–Trinajstić information content (AvgIpc) is 3.23. The lowest BCUT2D eigenvalue weighted by molar-refractivity contribution is -0.137. The fourth-order valence-electron chi connectivity index (χ4n) is 6.33. The molecule has 1 heterocycles. The molecule has 53 heavy (non-hydrogen) atoms. The molecule has 0 fully saturated rings. The van der Waals surface area contributed by atoms with Gasteiger partial charge in [-0.05, 0) is 92.3 Å². The maximum Gasteiger partial charge on any atom is 0.416 e. The maximum atomic E-state index is 14.1. The summed E-state index contributed by atoms with van der Waals surface area (Å²) in [7, 11) is -2.64. The molecule has 1 unspecified atom stereocenters. The first-order chi connectivity index (χ1) is 25.0. The van der Waals surface area contributed by atoms with E-state index in [1.54, 1.807) is 87.5 Å². The number of fused-ring (bicyclic) bond motifs is 1. The van der Waals surface area contributed by atoms with E-state index < -0.39 is 63.5 Å². The summed E-state index contributed by atoms with van der Waals surface area (Å²) in [4.78, 5) is 41.7. The van der Waals surface area contributed by atoms with Crippen molar-refractivity contribution in [2.45, 2.75) is 76.5 Å². The molecule has 0 bridgehead atoms. The Morgan fingerprint density at radius 3 is 2.34 bits per heavy atom. The van der Waals surface area contributed by atoms with Crippen LogP contribution in [0.2, 0.25) is 0 Å². The van der Waals surface area contributed by atoms with Crippen molar-refractivity contribution in [2.75, 3.05) is 11.4 Å². The minimum atomic E-state index is -4.60. The summed E-state index contributed by atoms with van der Waals surface area (Å²) in [6.07, 6.45) is -0.398. The number of nitrogens with one attached hydrogen (secondary N) is 3. The molecule has 14 heteroatoms. The van der Waals surface area contributed by atoms with Gasteiger partial charge in [-0.3, -0.25) is 14.4 Å². The molecule has 3 amide bonds. The van der Waals surface area contributed by atoms with Gasteiger partial charge in [0.05, 0.1) is 29.1 Å². The summed E-state index contributed by atoms with van der Waals surface area (Å²) in [5.74, 6) is -1.39. The smallest absolute Gasteiger partial charge is 0.392 e. The number of anilines is 1. The summed E-state index contributed by atoms with van der Waals surface area (Å²) < 4.78 is 65.5. The van der Waals surface area contributed by atoms with E-state index in [1.165, 1.54) is 17.0 Å². The first kappa shape index (κ1) is 39.2. The van der Waals surface area contributed by atoms with E-state index >= 15 is 0 Å². The molecule has 0 aromatic heterocycles. The quantitative estimate of drug-likeness (QED) is 0.210. The van der Waals surface area contributed by atoms with Crippen LogP contribution < -0.4 is 20.9 Å². The van der Waals surface area contributed by atoms with Crippen LogP contribution in [0.5, 0.6) is 0 Å². The standard InChI is InChI=1S/C39H41F3N4O6S/c1-24(47)22-43-38(2,3)21-34(48)44-31-18-16-28-20-29(39(40,41)42)17-19-32(28)46(37(31)50)23-25-12-14-26(15-13-25)30-10-7-11-33(53(51)52)35(30)45-36(49)27-8-5-4-6-9-27/h4-15,17,19-20,24,31,35,43,47H,16,18,21-23H2,1-3H3,(H,44,48)(H,45,49)/t24-,31-,35?/m1/s1. The minimum Gasteiger partial charge on any atom is -0.392 e. The van der Waals surface area contributed by atoms with Crippen LogP contribution in [0.15, 0.2) is 91.0 Å². The summed E-state index contributed by atoms with van der Waals surface area (Å²) >= 11 is 0. The molecule has 4 N–H and O–H groups in total. The monoisotopic (exact) mass is 750 g/mol. The fraction of sp³-hybridized carbons (Fsp3) is 0.333. The summed E-state index contributed by atoms with van der Waals surface area (Å²) in [6.45, 7) is 5.39. The molecule has 3 atom stereocenters. The van der Waals surface area contributed by atoms with Crippen molar-refractivity contribution in [1.82, 2.24) is 16.0 Å². The predicted molar refractivity (Wildman–Crippen MR) is 196 cm³/mol. The van der Waals surface area contributed by atoms with Crippen LogP contribution in [0.25, 0.3) is 5.57 Å². The van der Waals surface area contributed by atoms with Crippen LogP contribution in [-0.4, -0.2) is 66.4 Å². The Kier molecular flexibility index (Phi) is 12.1. The van der Waals surface area contributed by atoms with E-state index in [0.717, 1.165) is 12.1 Å². The Hall–Kier alpha value is -5.05. The van der Waals surface area contributed by atoms with Crippen LogP contribution in [0.1, 0.15) is 66.2 Å². The van der Waals surface area contributed by atoms with Crippen LogP contribution in [0.3, 0.4) is 0 Å². The number of β-amino-alcohol motifs (C(OH)–C–C–N with tert-alkyl or cyclic N) is 1. The third-order valence-electron chi connectivity index (χ3n) is 9.04. The molecular weight excluding hydrogens is 710 g/mol. The molecule has 5 rings (SSSR count). The number of amides is 3. The zero-order valence-electron chi connectivity index (χ0n) is 29.4. The Morgan fingerprint density at radius 2 is 1.70 bits per heavy atom. The van der Waals surface area contributed by atoms with Gasteiger partial charge in [-0.2, -0.15) is 21.6 Å². The first-order valence-electron chi connectivity index (χ1n) is 17.1.